The zero-order valence-corrected chi connectivity index (χ0v) is 13.7. The zero-order valence-electron chi connectivity index (χ0n) is 13.7. The predicted molar refractivity (Wildman–Crippen MR) is 82.6 cm³/mol. The lowest BCUT2D eigenvalue weighted by Gasteiger charge is -2.53. The van der Waals surface area contributed by atoms with E-state index in [0.717, 1.165) is 78.2 Å². The zero-order chi connectivity index (χ0) is 15.4. The summed E-state index contributed by atoms with van der Waals surface area (Å²) in [6, 6.07) is 0. The monoisotopic (exact) mass is 311 g/mol. The van der Waals surface area contributed by atoms with Crippen molar-refractivity contribution in [3.8, 4) is 0 Å². The van der Waals surface area contributed by atoms with Crippen molar-refractivity contribution < 1.29 is 19.0 Å². The maximum absolute atomic E-state index is 11.3. The Hall–Kier alpha value is -0.650. The maximum atomic E-state index is 11.3. The van der Waals surface area contributed by atoms with Gasteiger partial charge in [0.15, 0.2) is 0 Å². The number of rotatable bonds is 5. The van der Waals surface area contributed by atoms with E-state index < -0.39 is 0 Å². The van der Waals surface area contributed by atoms with Gasteiger partial charge in [-0.15, -0.1) is 0 Å². The van der Waals surface area contributed by atoms with Crippen molar-refractivity contribution in [3.63, 3.8) is 0 Å². The second-order valence-electron chi connectivity index (χ2n) is 7.18. The van der Waals surface area contributed by atoms with E-state index in [2.05, 4.69) is 0 Å². The Bertz CT molecular complexity index is 375. The number of amides is 1. The highest BCUT2D eigenvalue weighted by molar-refractivity contribution is 5.74. The first-order valence-corrected chi connectivity index (χ1v) is 8.72. The summed E-state index contributed by atoms with van der Waals surface area (Å²) in [5.74, 6) is 1.53. The molecule has 3 heterocycles. The number of likely N-dealkylation sites (tertiary alicyclic amines) is 1. The van der Waals surface area contributed by atoms with Crippen LogP contribution in [0.4, 0.5) is 0 Å². The van der Waals surface area contributed by atoms with Gasteiger partial charge in [-0.05, 0) is 43.9 Å². The van der Waals surface area contributed by atoms with Gasteiger partial charge in [0.25, 0.3) is 0 Å². The quantitative estimate of drug-likeness (QED) is 0.727. The molecule has 5 heteroatoms. The highest BCUT2D eigenvalue weighted by Crippen LogP contribution is 2.38. The summed E-state index contributed by atoms with van der Waals surface area (Å²) in [7, 11) is 0. The van der Waals surface area contributed by atoms with Gasteiger partial charge in [-0.25, -0.2) is 0 Å². The summed E-state index contributed by atoms with van der Waals surface area (Å²) in [6.07, 6.45) is 5.61. The van der Waals surface area contributed by atoms with Crippen LogP contribution in [-0.4, -0.2) is 62.5 Å². The van der Waals surface area contributed by atoms with Crippen molar-refractivity contribution in [1.82, 2.24) is 4.90 Å². The highest BCUT2D eigenvalue weighted by atomic mass is 16.5. The Kier molecular flexibility index (Phi) is 5.37. The lowest BCUT2D eigenvalue weighted by Crippen LogP contribution is -2.66. The molecule has 3 aliphatic rings. The molecule has 0 aliphatic carbocycles. The van der Waals surface area contributed by atoms with Crippen molar-refractivity contribution in [2.75, 3.05) is 46.1 Å². The largest absolute Gasteiger partial charge is 0.381 e. The fourth-order valence-corrected chi connectivity index (χ4v) is 3.88. The minimum atomic E-state index is -0.0463. The molecule has 0 aromatic carbocycles. The van der Waals surface area contributed by atoms with E-state index in [4.69, 9.17) is 14.2 Å². The average molecular weight is 311 g/mol. The highest BCUT2D eigenvalue weighted by Gasteiger charge is 2.48. The van der Waals surface area contributed by atoms with Crippen LogP contribution in [0.25, 0.3) is 0 Å². The molecule has 3 fully saturated rings. The van der Waals surface area contributed by atoms with Crippen LogP contribution in [0.15, 0.2) is 0 Å². The summed E-state index contributed by atoms with van der Waals surface area (Å²) in [5.41, 5.74) is -0.0463. The van der Waals surface area contributed by atoms with Crippen molar-refractivity contribution in [2.45, 2.75) is 44.6 Å². The van der Waals surface area contributed by atoms with Crippen LogP contribution in [0.1, 0.15) is 39.0 Å². The van der Waals surface area contributed by atoms with Crippen LogP contribution < -0.4 is 0 Å². The van der Waals surface area contributed by atoms with E-state index in [9.17, 15) is 4.79 Å². The average Bonchev–Trinajstić information content (AvgIpc) is 2.50. The molecule has 22 heavy (non-hydrogen) atoms. The van der Waals surface area contributed by atoms with Crippen molar-refractivity contribution in [2.24, 2.45) is 11.8 Å². The fraction of sp³-hybridized carbons (Fsp3) is 0.941. The summed E-state index contributed by atoms with van der Waals surface area (Å²) >= 11 is 0. The van der Waals surface area contributed by atoms with E-state index in [0.29, 0.717) is 11.8 Å². The van der Waals surface area contributed by atoms with Crippen LogP contribution in [0.2, 0.25) is 0 Å². The number of ether oxygens (including phenoxy) is 3. The molecule has 1 amide bonds. The molecule has 0 N–H and O–H groups in total. The second kappa shape index (κ2) is 7.28. The summed E-state index contributed by atoms with van der Waals surface area (Å²) in [6.45, 7) is 7.55. The maximum Gasteiger partial charge on any atom is 0.219 e. The number of nitrogens with zero attached hydrogens (tertiary/aromatic N) is 1. The van der Waals surface area contributed by atoms with Gasteiger partial charge in [0, 0.05) is 40.0 Å². The molecule has 0 saturated carbocycles. The van der Waals surface area contributed by atoms with E-state index in [1.165, 1.54) is 0 Å². The number of hydrogen-bond acceptors (Lipinski definition) is 4. The minimum absolute atomic E-state index is 0.0463. The Labute approximate surface area is 133 Å². The topological polar surface area (TPSA) is 48.0 Å². The Morgan fingerprint density at radius 2 is 1.91 bits per heavy atom. The van der Waals surface area contributed by atoms with Crippen LogP contribution in [0, 0.1) is 11.8 Å². The molecular weight excluding hydrogens is 282 g/mol. The number of hydrogen-bond donors (Lipinski definition) is 0. The predicted octanol–water partition coefficient (Wildman–Crippen LogP) is 1.85. The molecule has 0 radical (unpaired) electrons. The molecule has 1 atom stereocenters. The third-order valence-electron chi connectivity index (χ3n) is 5.36. The standard InChI is InChI=1S/C17H29NO4/c1-14(19)18-12-17(13-18)10-15(5-9-22-17)2-8-21-11-16-3-6-20-7-4-16/h15-16H,2-13H2,1H3/t15-/m1/s1. The number of carbonyl (C=O) groups is 1. The van der Waals surface area contributed by atoms with Gasteiger partial charge in [-0.1, -0.05) is 0 Å². The Balaban J connectivity index is 1.32. The fourth-order valence-electron chi connectivity index (χ4n) is 3.88. The van der Waals surface area contributed by atoms with Crippen molar-refractivity contribution in [1.29, 1.82) is 0 Å². The smallest absolute Gasteiger partial charge is 0.219 e. The molecule has 3 saturated heterocycles. The Morgan fingerprint density at radius 3 is 2.64 bits per heavy atom. The SMILES string of the molecule is CC(=O)N1CC2(C[C@H](CCOCC3CCOCC3)CCO2)C1. The summed E-state index contributed by atoms with van der Waals surface area (Å²) in [4.78, 5) is 13.2. The van der Waals surface area contributed by atoms with E-state index in [1.54, 1.807) is 6.92 Å². The first-order valence-electron chi connectivity index (χ1n) is 8.72. The van der Waals surface area contributed by atoms with E-state index in [-0.39, 0.29) is 11.5 Å². The normalized spacial score (nSPS) is 28.6. The molecule has 3 aliphatic heterocycles. The lowest BCUT2D eigenvalue weighted by molar-refractivity contribution is -0.188. The van der Waals surface area contributed by atoms with Crippen LogP contribution in [0.3, 0.4) is 0 Å². The lowest BCUT2D eigenvalue weighted by atomic mass is 9.79. The van der Waals surface area contributed by atoms with Gasteiger partial charge < -0.3 is 19.1 Å². The van der Waals surface area contributed by atoms with Gasteiger partial charge in [-0.3, -0.25) is 4.79 Å². The minimum Gasteiger partial charge on any atom is -0.381 e. The van der Waals surface area contributed by atoms with Gasteiger partial charge in [-0.2, -0.15) is 0 Å². The third kappa shape index (κ3) is 4.00. The molecule has 1 spiro atoms. The first-order chi connectivity index (χ1) is 10.7. The van der Waals surface area contributed by atoms with Gasteiger partial charge in [0.1, 0.15) is 5.60 Å². The van der Waals surface area contributed by atoms with Gasteiger partial charge >= 0.3 is 0 Å². The molecule has 5 nitrogen and oxygen atoms in total. The Morgan fingerprint density at radius 1 is 1.18 bits per heavy atom. The van der Waals surface area contributed by atoms with E-state index in [1.807, 2.05) is 4.90 Å². The summed E-state index contributed by atoms with van der Waals surface area (Å²) in [5, 5.41) is 0. The van der Waals surface area contributed by atoms with Crippen molar-refractivity contribution in [3.05, 3.63) is 0 Å². The first kappa shape index (κ1) is 16.2. The molecular formula is C17H29NO4. The van der Waals surface area contributed by atoms with Gasteiger partial charge in [0.05, 0.1) is 13.1 Å². The molecule has 0 unspecified atom stereocenters. The summed E-state index contributed by atoms with van der Waals surface area (Å²) < 4.78 is 17.2. The molecule has 3 rings (SSSR count). The molecule has 0 aromatic heterocycles. The van der Waals surface area contributed by atoms with Crippen LogP contribution in [-0.2, 0) is 19.0 Å². The van der Waals surface area contributed by atoms with E-state index >= 15 is 0 Å². The number of carbonyl (C=O) groups excluding carboxylic acids is 1. The van der Waals surface area contributed by atoms with Gasteiger partial charge in [0.2, 0.25) is 5.91 Å². The molecule has 0 aromatic rings. The van der Waals surface area contributed by atoms with Crippen LogP contribution in [0.5, 0.6) is 0 Å². The molecule has 126 valence electrons. The van der Waals surface area contributed by atoms with Crippen LogP contribution >= 0.6 is 0 Å². The second-order valence-corrected chi connectivity index (χ2v) is 7.18. The van der Waals surface area contributed by atoms with Crippen molar-refractivity contribution >= 4 is 5.91 Å². The third-order valence-corrected chi connectivity index (χ3v) is 5.36. The molecule has 0 bridgehead atoms.